The topological polar surface area (TPSA) is 102 Å². The van der Waals surface area contributed by atoms with E-state index in [4.69, 9.17) is 4.74 Å². The summed E-state index contributed by atoms with van der Waals surface area (Å²) in [6, 6.07) is 3.89. The van der Waals surface area contributed by atoms with Crippen LogP contribution in [0.15, 0.2) is 23.1 Å². The van der Waals surface area contributed by atoms with Crippen LogP contribution < -0.4 is 9.46 Å². The Morgan fingerprint density at radius 3 is 2.54 bits per heavy atom. The number of nitrogens with zero attached hydrogens (tertiary/aromatic N) is 2. The zero-order valence-electron chi connectivity index (χ0n) is 14.5. The first-order valence-corrected chi connectivity index (χ1v) is 9.19. The van der Waals surface area contributed by atoms with Gasteiger partial charge in [0.1, 0.15) is 10.6 Å². The van der Waals surface area contributed by atoms with Crippen LogP contribution in [-0.4, -0.2) is 51.5 Å². The third kappa shape index (κ3) is 5.73. The molecule has 0 amide bonds. The Balaban J connectivity index is 2.67. The number of hydrogen-bond donors (Lipinski definition) is 1. The number of nitro benzene ring substituents is 1. The van der Waals surface area contributed by atoms with Crippen molar-refractivity contribution in [3.05, 3.63) is 28.3 Å². The molecule has 0 bridgehead atoms. The number of methoxy groups -OCH3 is 1. The molecule has 24 heavy (non-hydrogen) atoms. The van der Waals surface area contributed by atoms with Crippen molar-refractivity contribution in [2.24, 2.45) is 0 Å². The monoisotopic (exact) mass is 359 g/mol. The molecule has 0 saturated carbocycles. The number of sulfonamides is 1. The van der Waals surface area contributed by atoms with Crippen LogP contribution in [-0.2, 0) is 10.0 Å². The number of unbranched alkanes of at least 4 members (excludes halogenated alkanes) is 1. The van der Waals surface area contributed by atoms with Gasteiger partial charge in [-0.1, -0.05) is 0 Å². The summed E-state index contributed by atoms with van der Waals surface area (Å²) in [5.74, 6) is -0.0451. The summed E-state index contributed by atoms with van der Waals surface area (Å²) in [4.78, 5) is 12.2. The fourth-order valence-electron chi connectivity index (χ4n) is 2.02. The average molecular weight is 359 g/mol. The Kier molecular flexibility index (Phi) is 7.59. The highest BCUT2D eigenvalue weighted by atomic mass is 32.2. The van der Waals surface area contributed by atoms with E-state index in [1.54, 1.807) is 0 Å². The number of nitrogens with one attached hydrogen (secondary N) is 1. The van der Waals surface area contributed by atoms with E-state index in [1.165, 1.54) is 13.2 Å². The van der Waals surface area contributed by atoms with E-state index in [9.17, 15) is 18.5 Å². The molecule has 0 aliphatic heterocycles. The normalized spacial score (nSPS) is 11.9. The fraction of sp³-hybridized carbons (Fsp3) is 0.600. The van der Waals surface area contributed by atoms with E-state index in [1.807, 2.05) is 7.05 Å². The van der Waals surface area contributed by atoms with Gasteiger partial charge >= 0.3 is 0 Å². The molecule has 0 saturated heterocycles. The summed E-state index contributed by atoms with van der Waals surface area (Å²) in [6.07, 6.45) is 1.57. The van der Waals surface area contributed by atoms with Gasteiger partial charge in [-0.25, -0.2) is 13.1 Å². The van der Waals surface area contributed by atoms with E-state index in [-0.39, 0.29) is 16.3 Å². The first-order valence-electron chi connectivity index (χ1n) is 7.71. The van der Waals surface area contributed by atoms with E-state index in [0.29, 0.717) is 19.0 Å². The van der Waals surface area contributed by atoms with Crippen molar-refractivity contribution in [1.29, 1.82) is 0 Å². The van der Waals surface area contributed by atoms with Gasteiger partial charge in [-0.2, -0.15) is 0 Å². The molecule has 0 unspecified atom stereocenters. The van der Waals surface area contributed by atoms with Gasteiger partial charge in [0.15, 0.2) is 0 Å². The second-order valence-corrected chi connectivity index (χ2v) is 7.51. The number of ether oxygens (including phenoxy) is 1. The maximum absolute atomic E-state index is 12.3. The van der Waals surface area contributed by atoms with Gasteiger partial charge in [0.05, 0.1) is 18.1 Å². The van der Waals surface area contributed by atoms with E-state index in [2.05, 4.69) is 23.5 Å². The van der Waals surface area contributed by atoms with Gasteiger partial charge in [0.2, 0.25) is 10.0 Å². The first kappa shape index (κ1) is 20.3. The molecule has 0 aliphatic rings. The average Bonchev–Trinajstić information content (AvgIpc) is 2.53. The lowest BCUT2D eigenvalue weighted by molar-refractivity contribution is -0.385. The van der Waals surface area contributed by atoms with Gasteiger partial charge in [-0.05, 0) is 46.3 Å². The Labute approximate surface area is 143 Å². The zero-order valence-corrected chi connectivity index (χ0v) is 15.3. The number of hydrogen-bond acceptors (Lipinski definition) is 6. The van der Waals surface area contributed by atoms with Gasteiger partial charge < -0.3 is 9.64 Å². The number of nitro groups is 1. The van der Waals surface area contributed by atoms with Crippen LogP contribution >= 0.6 is 0 Å². The largest absolute Gasteiger partial charge is 0.495 e. The molecule has 1 aromatic carbocycles. The van der Waals surface area contributed by atoms with Crippen LogP contribution in [0.25, 0.3) is 0 Å². The van der Waals surface area contributed by atoms with E-state index in [0.717, 1.165) is 25.1 Å². The summed E-state index contributed by atoms with van der Waals surface area (Å²) < 4.78 is 32.1. The second-order valence-electron chi connectivity index (χ2n) is 5.77. The van der Waals surface area contributed by atoms with Crippen molar-refractivity contribution >= 4 is 15.7 Å². The molecule has 136 valence electrons. The maximum Gasteiger partial charge on any atom is 0.273 e. The van der Waals surface area contributed by atoms with Crippen molar-refractivity contribution in [2.45, 2.75) is 37.6 Å². The SMILES string of the molecule is COc1cc([N+](=O)[O-])ccc1S(=O)(=O)NCCCCN(C)C(C)C. The number of benzene rings is 1. The van der Waals surface area contributed by atoms with Crippen LogP contribution in [0.1, 0.15) is 26.7 Å². The minimum absolute atomic E-state index is 0.0451. The van der Waals surface area contributed by atoms with Crippen molar-refractivity contribution in [2.75, 3.05) is 27.2 Å². The van der Waals surface area contributed by atoms with Gasteiger partial charge in [0.25, 0.3) is 5.69 Å². The van der Waals surface area contributed by atoms with Crippen molar-refractivity contribution in [3.8, 4) is 5.75 Å². The lowest BCUT2D eigenvalue weighted by atomic mass is 10.2. The number of non-ortho nitro benzene ring substituents is 1. The van der Waals surface area contributed by atoms with Crippen LogP contribution in [0.3, 0.4) is 0 Å². The summed E-state index contributed by atoms with van der Waals surface area (Å²) in [7, 11) is -0.472. The van der Waals surface area contributed by atoms with Crippen molar-refractivity contribution < 1.29 is 18.1 Å². The van der Waals surface area contributed by atoms with Crippen LogP contribution in [0.2, 0.25) is 0 Å². The highest BCUT2D eigenvalue weighted by molar-refractivity contribution is 7.89. The molecular weight excluding hydrogens is 334 g/mol. The Hall–Kier alpha value is -1.71. The molecule has 0 fully saturated rings. The smallest absolute Gasteiger partial charge is 0.273 e. The highest BCUT2D eigenvalue weighted by Gasteiger charge is 2.21. The van der Waals surface area contributed by atoms with E-state index < -0.39 is 14.9 Å². The molecule has 1 N–H and O–H groups in total. The fourth-order valence-corrected chi connectivity index (χ4v) is 3.24. The van der Waals surface area contributed by atoms with Crippen molar-refractivity contribution in [3.63, 3.8) is 0 Å². The molecule has 0 atom stereocenters. The molecule has 8 nitrogen and oxygen atoms in total. The van der Waals surface area contributed by atoms with Gasteiger partial charge in [-0.3, -0.25) is 10.1 Å². The zero-order chi connectivity index (χ0) is 18.3. The second kappa shape index (κ2) is 8.95. The van der Waals surface area contributed by atoms with Crippen LogP contribution in [0.5, 0.6) is 5.75 Å². The predicted molar refractivity (Wildman–Crippen MR) is 91.8 cm³/mol. The molecular formula is C15H25N3O5S. The van der Waals surface area contributed by atoms with Gasteiger partial charge in [0, 0.05) is 18.7 Å². The molecule has 9 heteroatoms. The standard InChI is InChI=1S/C15H25N3O5S/c1-12(2)17(3)10-6-5-9-16-24(21,22)15-8-7-13(18(19)20)11-14(15)23-4/h7-8,11-12,16H,5-6,9-10H2,1-4H3. The lowest BCUT2D eigenvalue weighted by Gasteiger charge is -2.20. The summed E-state index contributed by atoms with van der Waals surface area (Å²) in [5, 5.41) is 10.8. The Morgan fingerprint density at radius 1 is 1.33 bits per heavy atom. The highest BCUT2D eigenvalue weighted by Crippen LogP contribution is 2.28. The molecule has 0 radical (unpaired) electrons. The molecule has 0 aromatic heterocycles. The quantitative estimate of drug-likeness (QED) is 0.389. The minimum atomic E-state index is -3.77. The predicted octanol–water partition coefficient (Wildman–Crippen LogP) is 2.00. The Morgan fingerprint density at radius 2 is 2.00 bits per heavy atom. The summed E-state index contributed by atoms with van der Waals surface area (Å²) >= 11 is 0. The first-order chi connectivity index (χ1) is 11.2. The molecule has 0 spiro atoms. The molecule has 1 rings (SSSR count). The van der Waals surface area contributed by atoms with E-state index >= 15 is 0 Å². The summed E-state index contributed by atoms with van der Waals surface area (Å²) in [6.45, 7) is 5.39. The molecule has 0 aliphatic carbocycles. The molecule has 1 aromatic rings. The van der Waals surface area contributed by atoms with Crippen LogP contribution in [0.4, 0.5) is 5.69 Å². The maximum atomic E-state index is 12.3. The molecule has 0 heterocycles. The minimum Gasteiger partial charge on any atom is -0.495 e. The number of rotatable bonds is 10. The van der Waals surface area contributed by atoms with Gasteiger partial charge in [-0.15, -0.1) is 0 Å². The summed E-state index contributed by atoms with van der Waals surface area (Å²) in [5.41, 5.74) is -0.220. The van der Waals surface area contributed by atoms with Crippen molar-refractivity contribution in [1.82, 2.24) is 9.62 Å². The van der Waals surface area contributed by atoms with Crippen LogP contribution in [0, 0.1) is 10.1 Å². The Bertz CT molecular complexity index is 661. The lowest BCUT2D eigenvalue weighted by Crippen LogP contribution is -2.29. The third-order valence-corrected chi connectivity index (χ3v) is 5.26. The third-order valence-electron chi connectivity index (χ3n) is 3.76.